The summed E-state index contributed by atoms with van der Waals surface area (Å²) in [4.78, 5) is 10.1. The maximum absolute atomic E-state index is 12.8. The molecule has 4 rings (SSSR count). The highest BCUT2D eigenvalue weighted by Gasteiger charge is 2.29. The molecule has 26 heavy (non-hydrogen) atoms. The molecule has 0 unspecified atom stereocenters. The summed E-state index contributed by atoms with van der Waals surface area (Å²) in [6, 6.07) is 2.67. The third-order valence-electron chi connectivity index (χ3n) is 4.15. The first-order chi connectivity index (χ1) is 12.4. The predicted molar refractivity (Wildman–Crippen MR) is 94.6 cm³/mol. The predicted octanol–water partition coefficient (Wildman–Crippen LogP) is 3.06. The molecule has 1 aliphatic rings. The molecule has 0 radical (unpaired) electrons. The lowest BCUT2D eigenvalue weighted by Crippen LogP contribution is -2.18. The number of sulfone groups is 1. The average Bonchev–Trinajstić information content (AvgIpc) is 3.28. The Morgan fingerprint density at radius 1 is 1.19 bits per heavy atom. The van der Waals surface area contributed by atoms with Gasteiger partial charge in [-0.05, 0) is 18.9 Å². The second-order valence-corrected chi connectivity index (χ2v) is 8.38. The quantitative estimate of drug-likeness (QED) is 0.650. The van der Waals surface area contributed by atoms with Crippen LogP contribution in [0.15, 0.2) is 32.9 Å². The summed E-state index contributed by atoms with van der Waals surface area (Å²) in [5.41, 5.74) is 0.302. The first-order valence-electron chi connectivity index (χ1n) is 7.68. The molecule has 8 nitrogen and oxygen atoms in total. The van der Waals surface area contributed by atoms with Gasteiger partial charge in [-0.15, -0.1) is 0 Å². The van der Waals surface area contributed by atoms with Crippen LogP contribution in [0.3, 0.4) is 0 Å². The van der Waals surface area contributed by atoms with Crippen LogP contribution in [0.4, 0.5) is 5.82 Å². The highest BCUT2D eigenvalue weighted by Crippen LogP contribution is 2.35. The van der Waals surface area contributed by atoms with Crippen molar-refractivity contribution in [3.05, 3.63) is 28.5 Å². The third kappa shape index (κ3) is 2.76. The van der Waals surface area contributed by atoms with E-state index in [4.69, 9.17) is 27.7 Å². The Morgan fingerprint density at radius 2 is 1.92 bits per heavy atom. The Kier molecular flexibility index (Phi) is 4.17. The van der Waals surface area contributed by atoms with Crippen molar-refractivity contribution in [3.8, 4) is 5.75 Å². The first kappa shape index (κ1) is 17.3. The summed E-state index contributed by atoms with van der Waals surface area (Å²) in [5.74, 6) is 0.221. The van der Waals surface area contributed by atoms with Gasteiger partial charge in [0.1, 0.15) is 5.82 Å². The van der Waals surface area contributed by atoms with Crippen molar-refractivity contribution in [1.82, 2.24) is 15.1 Å². The van der Waals surface area contributed by atoms with Gasteiger partial charge in [-0.2, -0.15) is 0 Å². The van der Waals surface area contributed by atoms with E-state index in [0.29, 0.717) is 11.4 Å². The number of pyridine rings is 2. The molecule has 1 N–H and O–H groups in total. The Balaban J connectivity index is 1.80. The lowest BCUT2D eigenvalue weighted by atomic mass is 10.3. The molecule has 0 atom stereocenters. The van der Waals surface area contributed by atoms with Gasteiger partial charge in [0.25, 0.3) is 0 Å². The van der Waals surface area contributed by atoms with Gasteiger partial charge in [0, 0.05) is 25.4 Å². The van der Waals surface area contributed by atoms with E-state index < -0.39 is 25.8 Å². The van der Waals surface area contributed by atoms with Crippen molar-refractivity contribution >= 4 is 49.8 Å². The van der Waals surface area contributed by atoms with Crippen molar-refractivity contribution in [1.29, 1.82) is 0 Å². The van der Waals surface area contributed by atoms with Gasteiger partial charge in [-0.25, -0.2) is 18.4 Å². The van der Waals surface area contributed by atoms with Crippen LogP contribution in [0, 0.1) is 0 Å². The van der Waals surface area contributed by atoms with Crippen LogP contribution in [0.5, 0.6) is 5.75 Å². The smallest absolute Gasteiger partial charge is 0.245 e. The fraction of sp³-hybridized carbons (Fsp3) is 0.267. The molecular weight excluding hydrogens is 403 g/mol. The SMILES string of the molecule is O=S(=O)(c1cc(Cl)c(O)c(Cl)n1)c1noc2cc(N3CCCC3)ncc12. The topological polar surface area (TPSA) is 109 Å². The molecule has 0 amide bonds. The molecule has 3 aromatic heterocycles. The Labute approximate surface area is 158 Å². The Morgan fingerprint density at radius 3 is 2.62 bits per heavy atom. The van der Waals surface area contributed by atoms with Crippen LogP contribution in [0.2, 0.25) is 10.2 Å². The van der Waals surface area contributed by atoms with E-state index in [0.717, 1.165) is 32.0 Å². The zero-order valence-corrected chi connectivity index (χ0v) is 15.5. The number of hydrogen-bond acceptors (Lipinski definition) is 8. The molecule has 4 heterocycles. The monoisotopic (exact) mass is 414 g/mol. The molecule has 136 valence electrons. The lowest BCUT2D eigenvalue weighted by molar-refractivity contribution is 0.432. The van der Waals surface area contributed by atoms with Gasteiger partial charge >= 0.3 is 0 Å². The largest absolute Gasteiger partial charge is 0.504 e. The molecule has 3 aromatic rings. The van der Waals surface area contributed by atoms with Crippen molar-refractivity contribution in [3.63, 3.8) is 0 Å². The summed E-state index contributed by atoms with van der Waals surface area (Å²) in [5, 5.41) is 12.1. The minimum atomic E-state index is -4.17. The van der Waals surface area contributed by atoms with E-state index in [2.05, 4.69) is 20.0 Å². The van der Waals surface area contributed by atoms with Crippen molar-refractivity contribution < 1.29 is 18.0 Å². The first-order valence-corrected chi connectivity index (χ1v) is 9.92. The van der Waals surface area contributed by atoms with Crippen LogP contribution < -0.4 is 4.90 Å². The second-order valence-electron chi connectivity index (χ2n) is 5.81. The van der Waals surface area contributed by atoms with Gasteiger partial charge in [0.15, 0.2) is 21.5 Å². The third-order valence-corrected chi connectivity index (χ3v) is 6.26. The standard InChI is InChI=1S/C15H12Cl2N4O4S/c16-9-5-12(19-14(17)13(9)22)26(23,24)15-8-7-18-11(6-10(8)25-20-15)21-3-1-2-4-21/h5-7,22H,1-4H2. The lowest BCUT2D eigenvalue weighted by Gasteiger charge is -2.15. The van der Waals surface area contributed by atoms with Gasteiger partial charge in [-0.1, -0.05) is 28.4 Å². The van der Waals surface area contributed by atoms with E-state index in [1.807, 2.05) is 0 Å². The summed E-state index contributed by atoms with van der Waals surface area (Å²) in [6.07, 6.45) is 3.59. The van der Waals surface area contributed by atoms with Crippen molar-refractivity contribution in [2.75, 3.05) is 18.0 Å². The summed E-state index contributed by atoms with van der Waals surface area (Å²) >= 11 is 11.5. The van der Waals surface area contributed by atoms with Gasteiger partial charge in [0.2, 0.25) is 14.9 Å². The number of rotatable bonds is 3. The highest BCUT2D eigenvalue weighted by atomic mass is 35.5. The van der Waals surface area contributed by atoms with Crippen molar-refractivity contribution in [2.24, 2.45) is 0 Å². The zero-order valence-electron chi connectivity index (χ0n) is 13.2. The molecule has 0 spiro atoms. The molecule has 1 fully saturated rings. The highest BCUT2D eigenvalue weighted by molar-refractivity contribution is 7.91. The number of anilines is 1. The summed E-state index contributed by atoms with van der Waals surface area (Å²) in [6.45, 7) is 1.79. The van der Waals surface area contributed by atoms with Crippen LogP contribution in [0.1, 0.15) is 12.8 Å². The molecule has 0 aliphatic carbocycles. The number of hydrogen-bond donors (Lipinski definition) is 1. The minimum Gasteiger partial charge on any atom is -0.504 e. The van der Waals surface area contributed by atoms with E-state index in [9.17, 15) is 13.5 Å². The molecule has 0 aromatic carbocycles. The number of aromatic hydroxyl groups is 1. The van der Waals surface area contributed by atoms with Crippen molar-refractivity contribution in [2.45, 2.75) is 22.9 Å². The molecule has 0 bridgehead atoms. The zero-order chi connectivity index (χ0) is 18.5. The molecule has 1 aliphatic heterocycles. The number of aromatic nitrogens is 3. The van der Waals surface area contributed by atoms with Gasteiger partial charge < -0.3 is 14.5 Å². The summed E-state index contributed by atoms with van der Waals surface area (Å²) in [7, 11) is -4.17. The van der Waals surface area contributed by atoms with Gasteiger partial charge in [-0.3, -0.25) is 0 Å². The van der Waals surface area contributed by atoms with Crippen LogP contribution in [-0.2, 0) is 9.84 Å². The normalized spacial score (nSPS) is 15.1. The Hall–Kier alpha value is -2.10. The van der Waals surface area contributed by atoms with Crippen LogP contribution >= 0.6 is 23.2 Å². The number of nitrogens with zero attached hydrogens (tertiary/aromatic N) is 4. The summed E-state index contributed by atoms with van der Waals surface area (Å²) < 4.78 is 30.9. The average molecular weight is 415 g/mol. The van der Waals surface area contributed by atoms with E-state index >= 15 is 0 Å². The minimum absolute atomic E-state index is 0.231. The second kappa shape index (κ2) is 6.26. The molecule has 11 heteroatoms. The molecule has 1 saturated heterocycles. The maximum atomic E-state index is 12.8. The fourth-order valence-corrected chi connectivity index (χ4v) is 4.62. The van der Waals surface area contributed by atoms with Crippen LogP contribution in [0.25, 0.3) is 11.0 Å². The number of fused-ring (bicyclic) bond motifs is 1. The van der Waals surface area contributed by atoms with Gasteiger partial charge in [0.05, 0.1) is 10.4 Å². The van der Waals surface area contributed by atoms with Crippen LogP contribution in [-0.4, -0.2) is 41.7 Å². The van der Waals surface area contributed by atoms with E-state index in [1.54, 1.807) is 6.07 Å². The molecule has 0 saturated carbocycles. The maximum Gasteiger partial charge on any atom is 0.245 e. The van der Waals surface area contributed by atoms with E-state index in [-0.39, 0.29) is 15.4 Å². The fourth-order valence-electron chi connectivity index (χ4n) is 2.81. The Bertz CT molecular complexity index is 1090. The molecular formula is C15H12Cl2N4O4S. The number of halogens is 2. The van der Waals surface area contributed by atoms with E-state index in [1.165, 1.54) is 6.20 Å².